The lowest BCUT2D eigenvalue weighted by Gasteiger charge is -2.15. The van der Waals surface area contributed by atoms with E-state index in [2.05, 4.69) is 5.32 Å². The molecule has 0 aromatic carbocycles. The molecule has 86 valence electrons. The Balaban J connectivity index is 3.85. The quantitative estimate of drug-likeness (QED) is 0.469. The molecule has 0 fully saturated rings. The highest BCUT2D eigenvalue weighted by Gasteiger charge is 2.13. The average Bonchev–Trinajstić information content (AvgIpc) is 2.13. The molecule has 1 unspecified atom stereocenters. The maximum atomic E-state index is 11.1. The van der Waals surface area contributed by atoms with E-state index < -0.39 is 17.9 Å². The van der Waals surface area contributed by atoms with E-state index in [0.29, 0.717) is 0 Å². The van der Waals surface area contributed by atoms with E-state index in [-0.39, 0.29) is 19.0 Å². The lowest BCUT2D eigenvalue weighted by Crippen LogP contribution is -2.43. The fraction of sp³-hybridized carbons (Fsp3) is 0.625. The smallest absolute Gasteiger partial charge is 0.248 e. The molecule has 0 aromatic heterocycles. The minimum absolute atomic E-state index is 0.124. The Morgan fingerprint density at radius 2 is 2.00 bits per heavy atom. The van der Waals surface area contributed by atoms with Crippen molar-refractivity contribution in [3.63, 3.8) is 0 Å². The predicted octanol–water partition coefficient (Wildman–Crippen LogP) is -2.57. The molecular weight excluding hydrogens is 202 g/mol. The Hall–Kier alpha value is -1.63. The summed E-state index contributed by atoms with van der Waals surface area (Å²) in [5, 5.41) is 11.2. The fourth-order valence-corrected chi connectivity index (χ4v) is 0.694. The maximum Gasteiger partial charge on any atom is 0.248 e. The van der Waals surface area contributed by atoms with Crippen molar-refractivity contribution in [1.29, 1.82) is 0 Å². The second kappa shape index (κ2) is 5.97. The van der Waals surface area contributed by atoms with Crippen molar-refractivity contribution in [2.45, 2.75) is 13.0 Å². The summed E-state index contributed by atoms with van der Waals surface area (Å²) < 4.78 is 0. The lowest BCUT2D eigenvalue weighted by atomic mass is 10.3. The summed E-state index contributed by atoms with van der Waals surface area (Å²) in [6, 6.07) is 0. The van der Waals surface area contributed by atoms with Gasteiger partial charge in [-0.2, -0.15) is 0 Å². The second-order valence-corrected chi connectivity index (χ2v) is 3.10. The summed E-state index contributed by atoms with van der Waals surface area (Å²) in [5.41, 5.74) is 4.77. The number of carbonyl (C=O) groups excluding carboxylic acids is 3. The van der Waals surface area contributed by atoms with Crippen molar-refractivity contribution < 1.29 is 19.5 Å². The van der Waals surface area contributed by atoms with Gasteiger partial charge in [0.2, 0.25) is 17.7 Å². The molecule has 0 aliphatic rings. The highest BCUT2D eigenvalue weighted by molar-refractivity contribution is 5.84. The van der Waals surface area contributed by atoms with Gasteiger partial charge in [0, 0.05) is 14.0 Å². The zero-order valence-electron chi connectivity index (χ0n) is 8.69. The van der Waals surface area contributed by atoms with Crippen molar-refractivity contribution in [2.24, 2.45) is 5.73 Å². The summed E-state index contributed by atoms with van der Waals surface area (Å²) >= 11 is 0. The van der Waals surface area contributed by atoms with E-state index in [9.17, 15) is 14.4 Å². The summed E-state index contributed by atoms with van der Waals surface area (Å²) in [7, 11) is 1.46. The number of nitrogens with one attached hydrogen (secondary N) is 1. The first-order valence-electron chi connectivity index (χ1n) is 4.30. The molecule has 4 N–H and O–H groups in total. The number of aliphatic hydroxyl groups excluding tert-OH is 1. The van der Waals surface area contributed by atoms with Crippen molar-refractivity contribution in [1.82, 2.24) is 10.2 Å². The molecule has 7 nitrogen and oxygen atoms in total. The van der Waals surface area contributed by atoms with Crippen LogP contribution in [0.15, 0.2) is 0 Å². The average molecular weight is 217 g/mol. The Kier molecular flexibility index (Phi) is 5.32. The van der Waals surface area contributed by atoms with Crippen LogP contribution in [0.2, 0.25) is 0 Å². The van der Waals surface area contributed by atoms with Crippen molar-refractivity contribution >= 4 is 17.7 Å². The molecule has 7 heteroatoms. The van der Waals surface area contributed by atoms with Crippen LogP contribution < -0.4 is 11.1 Å². The van der Waals surface area contributed by atoms with Gasteiger partial charge in [-0.15, -0.1) is 0 Å². The van der Waals surface area contributed by atoms with E-state index in [1.807, 2.05) is 0 Å². The number of primary amides is 1. The van der Waals surface area contributed by atoms with Gasteiger partial charge in [-0.25, -0.2) is 0 Å². The minimum Gasteiger partial charge on any atom is -0.381 e. The van der Waals surface area contributed by atoms with E-state index in [0.717, 1.165) is 0 Å². The molecule has 0 radical (unpaired) electrons. The number of nitrogens with zero attached hydrogens (tertiary/aromatic N) is 1. The van der Waals surface area contributed by atoms with Gasteiger partial charge in [-0.1, -0.05) is 0 Å². The predicted molar refractivity (Wildman–Crippen MR) is 51.5 cm³/mol. The fourth-order valence-electron chi connectivity index (χ4n) is 0.694. The molecule has 0 rings (SSSR count). The molecule has 0 aromatic rings. The van der Waals surface area contributed by atoms with Gasteiger partial charge in [0.25, 0.3) is 0 Å². The highest BCUT2D eigenvalue weighted by Crippen LogP contribution is 1.84. The summed E-state index contributed by atoms with van der Waals surface area (Å²) in [6.45, 7) is 0.951. The largest absolute Gasteiger partial charge is 0.381 e. The number of rotatable bonds is 5. The molecule has 0 aliphatic heterocycles. The van der Waals surface area contributed by atoms with E-state index in [4.69, 9.17) is 10.8 Å². The molecule has 15 heavy (non-hydrogen) atoms. The van der Waals surface area contributed by atoms with Gasteiger partial charge >= 0.3 is 0 Å². The van der Waals surface area contributed by atoms with E-state index in [1.54, 1.807) is 0 Å². The van der Waals surface area contributed by atoms with E-state index in [1.165, 1.54) is 18.9 Å². The number of hydrogen-bond acceptors (Lipinski definition) is 4. The minimum atomic E-state index is -1.41. The molecule has 0 spiro atoms. The SMILES string of the molecule is CC(=O)N(C)CC(=O)NCC(O)C(N)=O. The number of carbonyl (C=O) groups is 3. The number of amides is 3. The molecule has 0 saturated carbocycles. The van der Waals surface area contributed by atoms with Gasteiger partial charge in [0.05, 0.1) is 13.1 Å². The number of aliphatic hydroxyl groups is 1. The molecule has 3 amide bonds. The van der Waals surface area contributed by atoms with Gasteiger partial charge in [0.15, 0.2) is 0 Å². The Morgan fingerprint density at radius 1 is 1.47 bits per heavy atom. The van der Waals surface area contributed by atoms with Crippen LogP contribution in [0.4, 0.5) is 0 Å². The number of hydrogen-bond donors (Lipinski definition) is 3. The van der Waals surface area contributed by atoms with Crippen LogP contribution in [0.1, 0.15) is 6.92 Å². The van der Waals surface area contributed by atoms with Crippen molar-refractivity contribution in [3.05, 3.63) is 0 Å². The van der Waals surface area contributed by atoms with Crippen LogP contribution in [0, 0.1) is 0 Å². The van der Waals surface area contributed by atoms with E-state index >= 15 is 0 Å². The zero-order chi connectivity index (χ0) is 12.0. The molecule has 0 bridgehead atoms. The number of likely N-dealkylation sites (N-methyl/N-ethyl adjacent to an activating group) is 1. The third kappa shape index (κ3) is 5.63. The maximum absolute atomic E-state index is 11.1. The topological polar surface area (TPSA) is 113 Å². The van der Waals surface area contributed by atoms with Gasteiger partial charge < -0.3 is 21.1 Å². The highest BCUT2D eigenvalue weighted by atomic mass is 16.3. The number of nitrogens with two attached hydrogens (primary N) is 1. The van der Waals surface area contributed by atoms with Crippen LogP contribution in [0.5, 0.6) is 0 Å². The Morgan fingerprint density at radius 3 is 2.40 bits per heavy atom. The van der Waals surface area contributed by atoms with Gasteiger partial charge in [0.1, 0.15) is 6.10 Å². The summed E-state index contributed by atoms with van der Waals surface area (Å²) in [4.78, 5) is 33.5. The monoisotopic (exact) mass is 217 g/mol. The normalized spacial score (nSPS) is 11.7. The standard InChI is InChI=1S/C8H15N3O4/c1-5(12)11(2)4-7(14)10-3-6(13)8(9)15/h6,13H,3-4H2,1-2H3,(H2,9,15)(H,10,14). The molecule has 0 heterocycles. The first kappa shape index (κ1) is 13.4. The van der Waals surface area contributed by atoms with Crippen LogP contribution in [0.25, 0.3) is 0 Å². The third-order valence-electron chi connectivity index (χ3n) is 1.74. The Bertz CT molecular complexity index is 267. The van der Waals surface area contributed by atoms with Crippen LogP contribution in [-0.4, -0.2) is 54.0 Å². The Labute approximate surface area is 87.2 Å². The molecule has 0 saturated heterocycles. The third-order valence-corrected chi connectivity index (χ3v) is 1.74. The van der Waals surface area contributed by atoms with Crippen molar-refractivity contribution in [3.8, 4) is 0 Å². The summed E-state index contributed by atoms with van der Waals surface area (Å²) in [5.74, 6) is -1.62. The molecule has 0 aliphatic carbocycles. The molecular formula is C8H15N3O4. The van der Waals surface area contributed by atoms with Crippen LogP contribution >= 0.6 is 0 Å². The lowest BCUT2D eigenvalue weighted by molar-refractivity contribution is -0.133. The van der Waals surface area contributed by atoms with Gasteiger partial charge in [-0.05, 0) is 0 Å². The van der Waals surface area contributed by atoms with Gasteiger partial charge in [-0.3, -0.25) is 14.4 Å². The first-order valence-corrected chi connectivity index (χ1v) is 4.30. The first-order chi connectivity index (χ1) is 6.84. The second-order valence-electron chi connectivity index (χ2n) is 3.10. The van der Waals surface area contributed by atoms with Crippen LogP contribution in [0.3, 0.4) is 0 Å². The van der Waals surface area contributed by atoms with Crippen molar-refractivity contribution in [2.75, 3.05) is 20.1 Å². The zero-order valence-corrected chi connectivity index (χ0v) is 8.69. The molecule has 1 atom stereocenters. The summed E-state index contributed by atoms with van der Waals surface area (Å²) in [6.07, 6.45) is -1.41. The van der Waals surface area contributed by atoms with Crippen LogP contribution in [-0.2, 0) is 14.4 Å².